The lowest BCUT2D eigenvalue weighted by Crippen LogP contribution is -2.63. The molecule has 2 unspecified atom stereocenters. The number of likely N-dealkylation sites (tertiary alicyclic amines) is 1. The van der Waals surface area contributed by atoms with E-state index in [0.29, 0.717) is 11.7 Å². The van der Waals surface area contributed by atoms with Crippen molar-refractivity contribution in [2.45, 2.75) is 43.9 Å². The number of hydrogen-bond donors (Lipinski definition) is 4. The van der Waals surface area contributed by atoms with Crippen LogP contribution < -0.4 is 22.5 Å². The fourth-order valence-corrected chi connectivity index (χ4v) is 4.94. The fraction of sp³-hybridized carbons (Fsp3) is 0.481. The molecule has 3 amide bonds. The number of nitrogens with zero attached hydrogens (tertiary/aromatic N) is 5. The largest absolute Gasteiger partial charge is 0.394 e. The third-order valence-corrected chi connectivity index (χ3v) is 7.49. The van der Waals surface area contributed by atoms with Gasteiger partial charge in [-0.05, 0) is 56.6 Å². The van der Waals surface area contributed by atoms with Crippen LogP contribution in [-0.2, 0) is 11.3 Å². The molecule has 3 heterocycles. The Balaban J connectivity index is 1.35. The van der Waals surface area contributed by atoms with Gasteiger partial charge in [-0.1, -0.05) is 18.2 Å². The number of piperidine rings is 1. The maximum absolute atomic E-state index is 12.9. The summed E-state index contributed by atoms with van der Waals surface area (Å²) in [6.07, 6.45) is 4.82. The number of piperazine rings is 1. The van der Waals surface area contributed by atoms with E-state index in [9.17, 15) is 19.5 Å². The van der Waals surface area contributed by atoms with E-state index in [1.807, 2.05) is 24.3 Å². The molecule has 2 aromatic rings. The quantitative estimate of drug-likeness (QED) is 0.361. The topological polar surface area (TPSA) is 163 Å². The molecule has 0 radical (unpaired) electrons. The lowest BCUT2D eigenvalue weighted by molar-refractivity contribution is -0.138. The molecule has 0 spiro atoms. The number of urea groups is 1. The summed E-state index contributed by atoms with van der Waals surface area (Å²) in [6, 6.07) is 8.89. The average Bonchev–Trinajstić information content (AvgIpc) is 2.94. The molecule has 12 nitrogen and oxygen atoms in total. The highest BCUT2D eigenvalue weighted by molar-refractivity contribution is 5.90. The van der Waals surface area contributed by atoms with Crippen molar-refractivity contribution in [1.29, 1.82) is 0 Å². The zero-order valence-electron chi connectivity index (χ0n) is 22.3. The minimum Gasteiger partial charge on any atom is -0.394 e. The number of nitrogens with one attached hydrogen (secondary N) is 1. The van der Waals surface area contributed by atoms with Crippen LogP contribution in [0.4, 0.5) is 10.6 Å². The van der Waals surface area contributed by atoms with E-state index in [4.69, 9.17) is 11.5 Å². The standard InChI is InChI=1S/C27H38N8O4/c1-3-27(29,18-36)24(37)33-14-15-34(19(2)16-33)25(38)30-23-10-13-35(26(39)31-23)22-6-4-20(5-7-22)17-32-11-8-21(28)9-12-32/h3-7,10,13,19,21,36H,1,8-9,11-12,14-18,28-29H2,2H3,(H,30,31,38,39). The predicted octanol–water partition coefficient (Wildman–Crippen LogP) is 0.0960. The second-order valence-corrected chi connectivity index (χ2v) is 10.4. The zero-order chi connectivity index (χ0) is 28.2. The Morgan fingerprint density at radius 2 is 1.87 bits per heavy atom. The van der Waals surface area contributed by atoms with Gasteiger partial charge in [-0.2, -0.15) is 4.98 Å². The molecule has 0 aliphatic carbocycles. The smallest absolute Gasteiger partial charge is 0.354 e. The molecule has 210 valence electrons. The Kier molecular flexibility index (Phi) is 8.80. The Labute approximate surface area is 227 Å². The zero-order valence-corrected chi connectivity index (χ0v) is 22.3. The molecule has 39 heavy (non-hydrogen) atoms. The number of carbonyl (C=O) groups is 2. The van der Waals surface area contributed by atoms with Crippen LogP contribution in [-0.4, -0.2) is 98.2 Å². The number of anilines is 1. The van der Waals surface area contributed by atoms with Gasteiger partial charge in [-0.15, -0.1) is 6.58 Å². The van der Waals surface area contributed by atoms with Crippen molar-refractivity contribution in [2.24, 2.45) is 11.5 Å². The number of hydrogen-bond acceptors (Lipinski definition) is 8. The van der Waals surface area contributed by atoms with Crippen molar-refractivity contribution in [3.05, 3.63) is 65.2 Å². The van der Waals surface area contributed by atoms with Crippen LogP contribution in [0.2, 0.25) is 0 Å². The fourth-order valence-electron chi connectivity index (χ4n) is 4.94. The summed E-state index contributed by atoms with van der Waals surface area (Å²) in [5, 5.41) is 12.2. The van der Waals surface area contributed by atoms with Crippen LogP contribution in [0.5, 0.6) is 0 Å². The molecule has 0 saturated carbocycles. The number of aliphatic hydroxyl groups excluding tert-OH is 1. The molecule has 4 rings (SSSR count). The van der Waals surface area contributed by atoms with Crippen molar-refractivity contribution >= 4 is 17.8 Å². The first kappa shape index (κ1) is 28.4. The maximum atomic E-state index is 12.9. The van der Waals surface area contributed by atoms with Crippen LogP contribution in [0.1, 0.15) is 25.3 Å². The molecular formula is C27H38N8O4. The third kappa shape index (κ3) is 6.53. The first-order valence-electron chi connectivity index (χ1n) is 13.2. The van der Waals surface area contributed by atoms with E-state index in [-0.39, 0.29) is 31.5 Å². The molecule has 2 aliphatic rings. The predicted molar refractivity (Wildman–Crippen MR) is 148 cm³/mol. The van der Waals surface area contributed by atoms with E-state index in [1.165, 1.54) is 15.5 Å². The summed E-state index contributed by atoms with van der Waals surface area (Å²) in [4.78, 5) is 47.9. The Morgan fingerprint density at radius 1 is 1.18 bits per heavy atom. The van der Waals surface area contributed by atoms with Gasteiger partial charge in [-0.3, -0.25) is 19.6 Å². The lowest BCUT2D eigenvalue weighted by atomic mass is 9.99. The van der Waals surface area contributed by atoms with Crippen molar-refractivity contribution < 1.29 is 14.7 Å². The molecule has 1 aromatic heterocycles. The first-order chi connectivity index (χ1) is 18.6. The number of aliphatic hydroxyl groups is 1. The van der Waals surface area contributed by atoms with E-state index in [0.717, 1.165) is 38.0 Å². The maximum Gasteiger partial charge on any atom is 0.354 e. The van der Waals surface area contributed by atoms with Crippen molar-refractivity contribution in [1.82, 2.24) is 24.3 Å². The highest BCUT2D eigenvalue weighted by atomic mass is 16.3. The van der Waals surface area contributed by atoms with Crippen LogP contribution in [0.3, 0.4) is 0 Å². The SMILES string of the molecule is C=CC(N)(CO)C(=O)N1CCN(C(=O)Nc2ccn(-c3ccc(CN4CCC(N)CC4)cc3)c(=O)n2)C(C)C1. The van der Waals surface area contributed by atoms with Gasteiger partial charge < -0.3 is 26.4 Å². The summed E-state index contributed by atoms with van der Waals surface area (Å²) < 4.78 is 1.42. The highest BCUT2D eigenvalue weighted by Crippen LogP contribution is 2.17. The van der Waals surface area contributed by atoms with E-state index in [1.54, 1.807) is 24.1 Å². The minimum absolute atomic E-state index is 0.139. The van der Waals surface area contributed by atoms with Gasteiger partial charge in [0.15, 0.2) is 0 Å². The molecule has 6 N–H and O–H groups in total. The number of aromatic nitrogens is 2. The Morgan fingerprint density at radius 3 is 2.46 bits per heavy atom. The van der Waals surface area contributed by atoms with Crippen molar-refractivity contribution in [2.75, 3.05) is 44.6 Å². The Bertz CT molecular complexity index is 1240. The number of benzene rings is 1. The van der Waals surface area contributed by atoms with Gasteiger partial charge in [-0.25, -0.2) is 9.59 Å². The second kappa shape index (κ2) is 12.1. The highest BCUT2D eigenvalue weighted by Gasteiger charge is 2.38. The van der Waals surface area contributed by atoms with Gasteiger partial charge in [0.2, 0.25) is 5.91 Å². The van der Waals surface area contributed by atoms with Crippen LogP contribution in [0, 0.1) is 0 Å². The van der Waals surface area contributed by atoms with Crippen LogP contribution in [0.25, 0.3) is 5.69 Å². The summed E-state index contributed by atoms with van der Waals surface area (Å²) in [5.74, 6) is -0.304. The molecule has 1 aromatic carbocycles. The van der Waals surface area contributed by atoms with Crippen LogP contribution in [0.15, 0.2) is 54.0 Å². The summed E-state index contributed by atoms with van der Waals surface area (Å²) >= 11 is 0. The number of amides is 3. The van der Waals surface area contributed by atoms with Gasteiger partial charge in [0.05, 0.1) is 12.3 Å². The molecular weight excluding hydrogens is 500 g/mol. The van der Waals surface area contributed by atoms with Crippen molar-refractivity contribution in [3.63, 3.8) is 0 Å². The van der Waals surface area contributed by atoms with E-state index >= 15 is 0 Å². The number of carbonyl (C=O) groups excluding carboxylic acids is 2. The summed E-state index contributed by atoms with van der Waals surface area (Å²) in [7, 11) is 0. The number of nitrogens with two attached hydrogens (primary N) is 2. The summed E-state index contributed by atoms with van der Waals surface area (Å²) in [5.41, 5.74) is 11.7. The average molecular weight is 539 g/mol. The summed E-state index contributed by atoms with van der Waals surface area (Å²) in [6.45, 7) is 8.35. The first-order valence-corrected chi connectivity index (χ1v) is 13.2. The third-order valence-electron chi connectivity index (χ3n) is 7.49. The Hall–Kier alpha value is -3.58. The normalized spacial score (nSPS) is 20.4. The molecule has 2 fully saturated rings. The molecule has 0 bridgehead atoms. The van der Waals surface area contributed by atoms with Gasteiger partial charge in [0, 0.05) is 44.5 Å². The second-order valence-electron chi connectivity index (χ2n) is 10.4. The molecule has 2 atom stereocenters. The monoisotopic (exact) mass is 538 g/mol. The minimum atomic E-state index is -1.56. The molecule has 2 saturated heterocycles. The van der Waals surface area contributed by atoms with Crippen molar-refractivity contribution in [3.8, 4) is 5.69 Å². The van der Waals surface area contributed by atoms with Gasteiger partial charge in [0.25, 0.3) is 0 Å². The molecule has 2 aliphatic heterocycles. The lowest BCUT2D eigenvalue weighted by Gasteiger charge is -2.41. The van der Waals surface area contributed by atoms with E-state index < -0.39 is 29.8 Å². The van der Waals surface area contributed by atoms with E-state index in [2.05, 4.69) is 21.8 Å². The molecule has 12 heteroatoms. The number of rotatable bonds is 7. The van der Waals surface area contributed by atoms with Gasteiger partial charge >= 0.3 is 11.7 Å². The van der Waals surface area contributed by atoms with Gasteiger partial charge in [0.1, 0.15) is 11.4 Å². The van der Waals surface area contributed by atoms with Crippen LogP contribution >= 0.6 is 0 Å².